The SMILES string of the molecule is CCC(O)CNS(=O)(=O)c1cnc[nH]1. The lowest BCUT2D eigenvalue weighted by Crippen LogP contribution is -2.31. The smallest absolute Gasteiger partial charge is 0.257 e. The van der Waals surface area contributed by atoms with E-state index in [4.69, 9.17) is 5.11 Å². The summed E-state index contributed by atoms with van der Waals surface area (Å²) in [5, 5.41) is 9.17. The molecule has 0 saturated heterocycles. The fraction of sp³-hybridized carbons (Fsp3) is 0.571. The Balaban J connectivity index is 2.60. The van der Waals surface area contributed by atoms with Crippen molar-refractivity contribution in [3.05, 3.63) is 12.5 Å². The number of aliphatic hydroxyl groups is 1. The molecule has 14 heavy (non-hydrogen) atoms. The number of nitrogens with zero attached hydrogens (tertiary/aromatic N) is 1. The monoisotopic (exact) mass is 219 g/mol. The van der Waals surface area contributed by atoms with Gasteiger partial charge in [-0.25, -0.2) is 18.1 Å². The van der Waals surface area contributed by atoms with Crippen molar-refractivity contribution >= 4 is 10.0 Å². The van der Waals surface area contributed by atoms with Gasteiger partial charge in [0.15, 0.2) is 5.03 Å². The molecule has 0 spiro atoms. The molecule has 0 bridgehead atoms. The number of sulfonamides is 1. The average Bonchev–Trinajstić information content (AvgIpc) is 2.67. The highest BCUT2D eigenvalue weighted by molar-refractivity contribution is 7.89. The van der Waals surface area contributed by atoms with Crippen LogP contribution in [0.2, 0.25) is 0 Å². The van der Waals surface area contributed by atoms with Crippen molar-refractivity contribution in [1.82, 2.24) is 14.7 Å². The van der Waals surface area contributed by atoms with Gasteiger partial charge in [-0.3, -0.25) is 0 Å². The second-order valence-corrected chi connectivity index (χ2v) is 4.57. The zero-order valence-corrected chi connectivity index (χ0v) is 8.58. The maximum absolute atomic E-state index is 11.4. The third-order valence-electron chi connectivity index (χ3n) is 1.74. The predicted molar refractivity (Wildman–Crippen MR) is 50.1 cm³/mol. The van der Waals surface area contributed by atoms with Gasteiger partial charge >= 0.3 is 0 Å². The highest BCUT2D eigenvalue weighted by Gasteiger charge is 2.15. The minimum absolute atomic E-state index is 0.000744. The van der Waals surface area contributed by atoms with E-state index >= 15 is 0 Å². The van der Waals surface area contributed by atoms with Gasteiger partial charge in [0.25, 0.3) is 10.0 Å². The number of nitrogens with one attached hydrogen (secondary N) is 2. The van der Waals surface area contributed by atoms with Gasteiger partial charge in [-0.1, -0.05) is 6.92 Å². The Labute approximate surface area is 82.4 Å². The van der Waals surface area contributed by atoms with E-state index < -0.39 is 16.1 Å². The van der Waals surface area contributed by atoms with Crippen molar-refractivity contribution in [3.63, 3.8) is 0 Å². The van der Waals surface area contributed by atoms with Gasteiger partial charge in [0.2, 0.25) is 0 Å². The fourth-order valence-electron chi connectivity index (χ4n) is 0.818. The Hall–Kier alpha value is -0.920. The summed E-state index contributed by atoms with van der Waals surface area (Å²) >= 11 is 0. The van der Waals surface area contributed by atoms with Gasteiger partial charge in [0, 0.05) is 6.54 Å². The van der Waals surface area contributed by atoms with E-state index in [1.165, 1.54) is 12.5 Å². The molecule has 0 amide bonds. The second kappa shape index (κ2) is 4.54. The normalized spacial score (nSPS) is 14.1. The summed E-state index contributed by atoms with van der Waals surface area (Å²) in [6, 6.07) is 0. The molecule has 1 rings (SSSR count). The number of imidazole rings is 1. The molecule has 0 aliphatic heterocycles. The molecule has 6 nitrogen and oxygen atoms in total. The molecule has 1 aromatic heterocycles. The summed E-state index contributed by atoms with van der Waals surface area (Å²) in [5.41, 5.74) is 0. The number of hydrogen-bond donors (Lipinski definition) is 3. The Morgan fingerprint density at radius 3 is 2.93 bits per heavy atom. The minimum Gasteiger partial charge on any atom is -0.392 e. The van der Waals surface area contributed by atoms with Crippen molar-refractivity contribution in [2.45, 2.75) is 24.5 Å². The lowest BCUT2D eigenvalue weighted by molar-refractivity contribution is 0.174. The van der Waals surface area contributed by atoms with E-state index in [0.29, 0.717) is 6.42 Å². The highest BCUT2D eigenvalue weighted by atomic mass is 32.2. The summed E-state index contributed by atoms with van der Waals surface area (Å²) in [6.07, 6.45) is 2.34. The molecule has 1 heterocycles. The van der Waals surface area contributed by atoms with Crippen LogP contribution in [0.5, 0.6) is 0 Å². The van der Waals surface area contributed by atoms with Gasteiger partial charge in [0.05, 0.1) is 18.6 Å². The molecular formula is C7H13N3O3S. The molecule has 0 aliphatic carbocycles. The standard InChI is InChI=1S/C7H13N3O3S/c1-2-6(11)3-10-14(12,13)7-4-8-5-9-7/h4-6,10-11H,2-3H2,1H3,(H,8,9). The molecule has 1 aromatic rings. The van der Waals surface area contributed by atoms with E-state index in [2.05, 4.69) is 14.7 Å². The molecule has 1 unspecified atom stereocenters. The molecule has 0 aromatic carbocycles. The molecule has 0 aliphatic rings. The second-order valence-electron chi connectivity index (χ2n) is 2.83. The first kappa shape index (κ1) is 11.2. The molecule has 0 saturated carbocycles. The number of aromatic amines is 1. The molecule has 7 heteroatoms. The Morgan fingerprint density at radius 2 is 2.43 bits per heavy atom. The molecule has 0 radical (unpaired) electrons. The van der Waals surface area contributed by atoms with Crippen LogP contribution in [0.3, 0.4) is 0 Å². The first-order valence-electron chi connectivity index (χ1n) is 4.22. The minimum atomic E-state index is -3.55. The van der Waals surface area contributed by atoms with E-state index in [0.717, 1.165) is 0 Å². The molecule has 0 fully saturated rings. The van der Waals surface area contributed by atoms with Gasteiger partial charge in [0.1, 0.15) is 0 Å². The number of H-pyrrole nitrogens is 1. The summed E-state index contributed by atoms with van der Waals surface area (Å²) < 4.78 is 25.1. The van der Waals surface area contributed by atoms with Crippen LogP contribution in [0.25, 0.3) is 0 Å². The van der Waals surface area contributed by atoms with Crippen molar-refractivity contribution < 1.29 is 13.5 Å². The van der Waals surface area contributed by atoms with Crippen LogP contribution in [0.4, 0.5) is 0 Å². The lowest BCUT2D eigenvalue weighted by Gasteiger charge is -2.08. The van der Waals surface area contributed by atoms with Crippen LogP contribution < -0.4 is 4.72 Å². The van der Waals surface area contributed by atoms with Gasteiger partial charge in [-0.15, -0.1) is 0 Å². The first-order valence-corrected chi connectivity index (χ1v) is 5.70. The fourth-order valence-corrected chi connectivity index (χ4v) is 1.79. The van der Waals surface area contributed by atoms with Crippen LogP contribution in [0.1, 0.15) is 13.3 Å². The Kier molecular flexibility index (Phi) is 3.62. The van der Waals surface area contributed by atoms with Crippen LogP contribution in [0, 0.1) is 0 Å². The van der Waals surface area contributed by atoms with Crippen molar-refractivity contribution in [2.75, 3.05) is 6.54 Å². The largest absolute Gasteiger partial charge is 0.392 e. The van der Waals surface area contributed by atoms with E-state index in [1.54, 1.807) is 6.92 Å². The van der Waals surface area contributed by atoms with Gasteiger partial charge in [-0.05, 0) is 6.42 Å². The molecule has 80 valence electrons. The molecule has 3 N–H and O–H groups in total. The van der Waals surface area contributed by atoms with Crippen LogP contribution in [0.15, 0.2) is 17.6 Å². The van der Waals surface area contributed by atoms with Crippen molar-refractivity contribution in [2.24, 2.45) is 0 Å². The summed E-state index contributed by atoms with van der Waals surface area (Å²) in [6.45, 7) is 1.78. The Bertz CT molecular complexity index is 360. The topological polar surface area (TPSA) is 95.1 Å². The Morgan fingerprint density at radius 1 is 1.71 bits per heavy atom. The van der Waals surface area contributed by atoms with Crippen LogP contribution in [-0.4, -0.2) is 36.1 Å². The number of aliphatic hydroxyl groups excluding tert-OH is 1. The number of rotatable bonds is 5. The maximum atomic E-state index is 11.4. The number of aromatic nitrogens is 2. The highest BCUT2D eigenvalue weighted by Crippen LogP contribution is 2.01. The van der Waals surface area contributed by atoms with Crippen LogP contribution >= 0.6 is 0 Å². The van der Waals surface area contributed by atoms with E-state index in [1.807, 2.05) is 0 Å². The lowest BCUT2D eigenvalue weighted by atomic mass is 10.3. The third-order valence-corrected chi connectivity index (χ3v) is 3.09. The maximum Gasteiger partial charge on any atom is 0.257 e. The van der Waals surface area contributed by atoms with Gasteiger partial charge < -0.3 is 10.1 Å². The van der Waals surface area contributed by atoms with Crippen LogP contribution in [-0.2, 0) is 10.0 Å². The van der Waals surface area contributed by atoms with E-state index in [9.17, 15) is 8.42 Å². The van der Waals surface area contributed by atoms with Crippen molar-refractivity contribution in [3.8, 4) is 0 Å². The first-order chi connectivity index (χ1) is 6.56. The third kappa shape index (κ3) is 2.79. The molecular weight excluding hydrogens is 206 g/mol. The van der Waals surface area contributed by atoms with Crippen molar-refractivity contribution in [1.29, 1.82) is 0 Å². The molecule has 1 atom stereocenters. The summed E-state index contributed by atoms with van der Waals surface area (Å²) in [5.74, 6) is 0. The summed E-state index contributed by atoms with van der Waals surface area (Å²) in [4.78, 5) is 6.07. The van der Waals surface area contributed by atoms with E-state index in [-0.39, 0.29) is 11.6 Å². The zero-order chi connectivity index (χ0) is 10.6. The number of hydrogen-bond acceptors (Lipinski definition) is 4. The average molecular weight is 219 g/mol. The predicted octanol–water partition coefficient (Wildman–Crippen LogP) is -0.541. The zero-order valence-electron chi connectivity index (χ0n) is 7.77. The quantitative estimate of drug-likeness (QED) is 0.619. The van der Waals surface area contributed by atoms with Gasteiger partial charge in [-0.2, -0.15) is 0 Å². The summed E-state index contributed by atoms with van der Waals surface area (Å²) in [7, 11) is -3.55.